The van der Waals surface area contributed by atoms with Crippen LogP contribution in [0.15, 0.2) is 200 Å². The van der Waals surface area contributed by atoms with Gasteiger partial charge in [0.2, 0.25) is 0 Å². The van der Waals surface area contributed by atoms with Gasteiger partial charge in [0.15, 0.2) is 17.5 Å². The molecule has 3 nitrogen and oxygen atoms in total. The van der Waals surface area contributed by atoms with Gasteiger partial charge >= 0.3 is 0 Å². The Kier molecular flexibility index (Phi) is 7.49. The lowest BCUT2D eigenvalue weighted by atomic mass is 9.67. The highest BCUT2D eigenvalue weighted by Gasteiger charge is 2.46. The number of benzene rings is 9. The first-order valence-corrected chi connectivity index (χ1v) is 20.8. The average molecular weight is 766 g/mol. The molecule has 0 saturated carbocycles. The van der Waals surface area contributed by atoms with E-state index in [9.17, 15) is 0 Å². The van der Waals surface area contributed by atoms with Gasteiger partial charge in [-0.1, -0.05) is 196 Å². The summed E-state index contributed by atoms with van der Waals surface area (Å²) in [6, 6.07) is 72.6. The lowest BCUT2D eigenvalue weighted by Crippen LogP contribution is -2.28. The molecule has 10 aromatic rings. The van der Waals surface area contributed by atoms with E-state index in [2.05, 4.69) is 214 Å². The molecular formula is C57H39N3. The number of rotatable bonds is 5. The number of hydrogen-bond donors (Lipinski definition) is 0. The summed E-state index contributed by atoms with van der Waals surface area (Å²) in [5, 5.41) is 4.87. The van der Waals surface area contributed by atoms with Gasteiger partial charge in [0, 0.05) is 22.1 Å². The number of hydrogen-bond acceptors (Lipinski definition) is 3. The zero-order chi connectivity index (χ0) is 40.0. The highest BCUT2D eigenvalue weighted by Crippen LogP contribution is 2.57. The Morgan fingerprint density at radius 2 is 0.833 bits per heavy atom. The molecule has 0 N–H and O–H groups in total. The second kappa shape index (κ2) is 13.0. The van der Waals surface area contributed by atoms with Gasteiger partial charge in [-0.25, -0.2) is 15.0 Å². The molecule has 9 aromatic carbocycles. The predicted octanol–water partition coefficient (Wildman–Crippen LogP) is 13.8. The van der Waals surface area contributed by atoms with E-state index < -0.39 is 5.41 Å². The van der Waals surface area contributed by atoms with E-state index in [4.69, 9.17) is 15.0 Å². The van der Waals surface area contributed by atoms with Crippen LogP contribution in [0.25, 0.3) is 78.0 Å². The topological polar surface area (TPSA) is 38.7 Å². The molecule has 2 aliphatic rings. The smallest absolute Gasteiger partial charge is 0.164 e. The van der Waals surface area contributed by atoms with Crippen molar-refractivity contribution in [2.75, 3.05) is 0 Å². The molecule has 0 spiro atoms. The quantitative estimate of drug-likeness (QED) is 0.175. The molecule has 60 heavy (non-hydrogen) atoms. The van der Waals surface area contributed by atoms with Crippen molar-refractivity contribution in [2.45, 2.75) is 24.7 Å². The monoisotopic (exact) mass is 765 g/mol. The zero-order valence-electron chi connectivity index (χ0n) is 33.4. The summed E-state index contributed by atoms with van der Waals surface area (Å²) >= 11 is 0. The Bertz CT molecular complexity index is 3310. The predicted molar refractivity (Wildman–Crippen MR) is 246 cm³/mol. The minimum absolute atomic E-state index is 0.199. The van der Waals surface area contributed by atoms with E-state index in [1.165, 1.54) is 71.8 Å². The van der Waals surface area contributed by atoms with Crippen LogP contribution in [0.3, 0.4) is 0 Å². The molecule has 0 saturated heterocycles. The van der Waals surface area contributed by atoms with Gasteiger partial charge in [0.05, 0.1) is 5.41 Å². The van der Waals surface area contributed by atoms with Gasteiger partial charge in [0.25, 0.3) is 0 Å². The molecule has 0 atom stereocenters. The molecule has 0 fully saturated rings. The van der Waals surface area contributed by atoms with Crippen LogP contribution in [0.2, 0.25) is 0 Å². The first-order valence-electron chi connectivity index (χ1n) is 20.8. The van der Waals surface area contributed by atoms with Crippen LogP contribution in [0, 0.1) is 0 Å². The van der Waals surface area contributed by atoms with Crippen LogP contribution < -0.4 is 0 Å². The Morgan fingerprint density at radius 1 is 0.333 bits per heavy atom. The third-order valence-corrected chi connectivity index (χ3v) is 13.2. The standard InChI is InChI=1S/C57H39N3/c1-56(2)49-32-29-37-16-11-12-22-44(37)52(49)47-31-28-40(34-50(47)56)54-58-53(39-26-25-36-15-9-10-17-38(36)33-39)59-55(60-54)41-27-30-46-45-23-13-14-24-48(45)57(51(46)35-41,42-18-5-3-6-19-42)43-20-7-4-8-21-43/h3-35H,1-2H3. The Morgan fingerprint density at radius 3 is 1.53 bits per heavy atom. The summed E-state index contributed by atoms with van der Waals surface area (Å²) in [5.41, 5.74) is 14.8. The fraction of sp³-hybridized carbons (Fsp3) is 0.0702. The summed E-state index contributed by atoms with van der Waals surface area (Å²) in [6.45, 7) is 4.67. The molecule has 1 aromatic heterocycles. The molecule has 0 aliphatic heterocycles. The summed E-state index contributed by atoms with van der Waals surface area (Å²) in [4.78, 5) is 16.0. The molecule has 0 bridgehead atoms. The largest absolute Gasteiger partial charge is 0.208 e. The van der Waals surface area contributed by atoms with E-state index in [0.29, 0.717) is 17.5 Å². The van der Waals surface area contributed by atoms with Crippen molar-refractivity contribution in [1.82, 2.24) is 15.0 Å². The minimum atomic E-state index is -0.535. The fourth-order valence-electron chi connectivity index (χ4n) is 10.3. The molecule has 0 radical (unpaired) electrons. The first-order chi connectivity index (χ1) is 29.5. The van der Waals surface area contributed by atoms with E-state index in [0.717, 1.165) is 22.1 Å². The highest BCUT2D eigenvalue weighted by molar-refractivity contribution is 6.03. The van der Waals surface area contributed by atoms with Gasteiger partial charge in [0.1, 0.15) is 0 Å². The third kappa shape index (κ3) is 4.99. The van der Waals surface area contributed by atoms with Crippen molar-refractivity contribution in [2.24, 2.45) is 0 Å². The summed E-state index contributed by atoms with van der Waals surface area (Å²) in [5.74, 6) is 1.95. The molecule has 2 aliphatic carbocycles. The Hall–Kier alpha value is -7.49. The molecule has 12 rings (SSSR count). The number of fused-ring (bicyclic) bond motifs is 9. The maximum absolute atomic E-state index is 5.38. The van der Waals surface area contributed by atoms with Crippen molar-refractivity contribution < 1.29 is 0 Å². The van der Waals surface area contributed by atoms with Gasteiger partial charge < -0.3 is 0 Å². The van der Waals surface area contributed by atoms with E-state index in [1.807, 2.05) is 0 Å². The van der Waals surface area contributed by atoms with Crippen LogP contribution in [-0.4, -0.2) is 15.0 Å². The summed E-state index contributed by atoms with van der Waals surface area (Å²) in [7, 11) is 0. The highest BCUT2D eigenvalue weighted by atomic mass is 15.0. The molecule has 0 unspecified atom stereocenters. The number of nitrogens with zero attached hydrogens (tertiary/aromatic N) is 3. The number of aromatic nitrogens is 3. The van der Waals surface area contributed by atoms with Crippen molar-refractivity contribution in [3.05, 3.63) is 234 Å². The van der Waals surface area contributed by atoms with E-state index >= 15 is 0 Å². The average Bonchev–Trinajstić information content (AvgIpc) is 3.74. The maximum atomic E-state index is 5.38. The van der Waals surface area contributed by atoms with Crippen molar-refractivity contribution in [1.29, 1.82) is 0 Å². The molecular weight excluding hydrogens is 727 g/mol. The van der Waals surface area contributed by atoms with Gasteiger partial charge in [-0.05, 0) is 95.4 Å². The van der Waals surface area contributed by atoms with Crippen LogP contribution in [0.5, 0.6) is 0 Å². The lowest BCUT2D eigenvalue weighted by molar-refractivity contribution is 0.661. The van der Waals surface area contributed by atoms with Crippen LogP contribution in [-0.2, 0) is 10.8 Å². The molecule has 0 amide bonds. The molecule has 1 heterocycles. The first kappa shape index (κ1) is 34.5. The fourth-order valence-corrected chi connectivity index (χ4v) is 10.3. The molecule has 3 heteroatoms. The second-order valence-electron chi connectivity index (χ2n) is 16.8. The van der Waals surface area contributed by atoms with Crippen molar-refractivity contribution >= 4 is 21.5 Å². The van der Waals surface area contributed by atoms with Gasteiger partial charge in [-0.3, -0.25) is 0 Å². The minimum Gasteiger partial charge on any atom is -0.208 e. The normalized spacial score (nSPS) is 14.1. The second-order valence-corrected chi connectivity index (χ2v) is 16.8. The summed E-state index contributed by atoms with van der Waals surface area (Å²) < 4.78 is 0. The maximum Gasteiger partial charge on any atom is 0.164 e. The van der Waals surface area contributed by atoms with Crippen LogP contribution in [0.4, 0.5) is 0 Å². The van der Waals surface area contributed by atoms with Crippen molar-refractivity contribution in [3.63, 3.8) is 0 Å². The Labute approximate surface area is 349 Å². The van der Waals surface area contributed by atoms with Gasteiger partial charge in [-0.15, -0.1) is 0 Å². The van der Waals surface area contributed by atoms with Crippen LogP contribution in [0.1, 0.15) is 47.2 Å². The Balaban J connectivity index is 1.08. The third-order valence-electron chi connectivity index (χ3n) is 13.2. The van der Waals surface area contributed by atoms with Crippen molar-refractivity contribution in [3.8, 4) is 56.4 Å². The molecule has 282 valence electrons. The van der Waals surface area contributed by atoms with Gasteiger partial charge in [-0.2, -0.15) is 0 Å². The summed E-state index contributed by atoms with van der Waals surface area (Å²) in [6.07, 6.45) is 0. The lowest BCUT2D eigenvalue weighted by Gasteiger charge is -2.34. The van der Waals surface area contributed by atoms with Crippen LogP contribution >= 0.6 is 0 Å². The zero-order valence-corrected chi connectivity index (χ0v) is 33.4. The van der Waals surface area contributed by atoms with E-state index in [1.54, 1.807) is 0 Å². The SMILES string of the molecule is CC1(C)c2cc(-c3nc(-c4ccc5c(c4)C(c4ccccc4)(c4ccccc4)c4ccccc4-5)nc(-c4ccc5ccccc5c4)n3)ccc2-c2c1ccc1ccccc21. The van der Waals surface area contributed by atoms with E-state index in [-0.39, 0.29) is 5.41 Å².